The molecule has 0 N–H and O–H groups in total. The molecule has 0 saturated carbocycles. The maximum atomic E-state index is 6.03. The zero-order chi connectivity index (χ0) is 14.3. The van der Waals surface area contributed by atoms with Crippen LogP contribution in [0.2, 0.25) is 0 Å². The third kappa shape index (κ3) is 2.68. The Morgan fingerprint density at radius 1 is 1.21 bits per heavy atom. The summed E-state index contributed by atoms with van der Waals surface area (Å²) in [5, 5.41) is 0. The molecule has 1 aliphatic rings. The molecule has 2 rings (SSSR count). The van der Waals surface area contributed by atoms with E-state index in [1.807, 2.05) is 46.8 Å². The van der Waals surface area contributed by atoms with Crippen LogP contribution in [0.15, 0.2) is 18.3 Å². The van der Waals surface area contributed by atoms with Crippen molar-refractivity contribution in [3.05, 3.63) is 24.0 Å². The van der Waals surface area contributed by atoms with Gasteiger partial charge in [-0.25, -0.2) is 0 Å². The zero-order valence-electron chi connectivity index (χ0n) is 12.6. The van der Waals surface area contributed by atoms with Gasteiger partial charge in [-0.1, -0.05) is 0 Å². The molecule has 0 amide bonds. The van der Waals surface area contributed by atoms with Crippen LogP contribution in [0.5, 0.6) is 0 Å². The molecule has 1 fully saturated rings. The number of ether oxygens (including phenoxy) is 1. The van der Waals surface area contributed by atoms with Crippen LogP contribution in [0.1, 0.15) is 46.4 Å². The molecule has 2 heterocycles. The van der Waals surface area contributed by atoms with Crippen molar-refractivity contribution < 1.29 is 14.0 Å². The van der Waals surface area contributed by atoms with Crippen LogP contribution in [-0.4, -0.2) is 30.4 Å². The predicted molar refractivity (Wildman–Crippen MR) is 75.4 cm³/mol. The van der Waals surface area contributed by atoms with Crippen LogP contribution < -0.4 is 5.46 Å². The molecule has 1 aromatic heterocycles. The molecule has 1 saturated heterocycles. The van der Waals surface area contributed by atoms with Crippen LogP contribution in [0.4, 0.5) is 0 Å². The predicted octanol–water partition coefficient (Wildman–Crippen LogP) is 2.09. The Labute approximate surface area is 115 Å². The molecule has 1 aromatic rings. The van der Waals surface area contributed by atoms with Gasteiger partial charge < -0.3 is 14.0 Å². The van der Waals surface area contributed by atoms with Crippen molar-refractivity contribution in [1.82, 2.24) is 4.98 Å². The summed E-state index contributed by atoms with van der Waals surface area (Å²) in [6.45, 7) is 10.2. The molecule has 1 aliphatic heterocycles. The molecule has 0 aromatic carbocycles. The van der Waals surface area contributed by atoms with Gasteiger partial charge in [-0.15, -0.1) is 0 Å². The largest absolute Gasteiger partial charge is 0.494 e. The van der Waals surface area contributed by atoms with E-state index >= 15 is 0 Å². The van der Waals surface area contributed by atoms with Crippen molar-refractivity contribution in [2.75, 3.05) is 7.11 Å². The standard InChI is InChI=1S/C14H22BNO3/c1-10(17-6)12-9-11(7-8-16-12)15-18-13(2,3)14(4,5)19-15/h7-10H,1-6H3. The highest BCUT2D eigenvalue weighted by molar-refractivity contribution is 6.62. The summed E-state index contributed by atoms with van der Waals surface area (Å²) in [6.07, 6.45) is 1.73. The van der Waals surface area contributed by atoms with E-state index in [4.69, 9.17) is 14.0 Å². The summed E-state index contributed by atoms with van der Waals surface area (Å²) in [4.78, 5) is 4.32. The molecule has 5 heteroatoms. The van der Waals surface area contributed by atoms with Crippen molar-refractivity contribution in [1.29, 1.82) is 0 Å². The number of hydrogen-bond donors (Lipinski definition) is 0. The molecule has 19 heavy (non-hydrogen) atoms. The Bertz CT molecular complexity index is 446. The summed E-state index contributed by atoms with van der Waals surface area (Å²) in [5.41, 5.74) is 1.21. The monoisotopic (exact) mass is 263 g/mol. The summed E-state index contributed by atoms with van der Waals surface area (Å²) in [6, 6.07) is 3.91. The van der Waals surface area contributed by atoms with Crippen molar-refractivity contribution >= 4 is 12.6 Å². The van der Waals surface area contributed by atoms with Crippen LogP contribution >= 0.6 is 0 Å². The number of pyridine rings is 1. The van der Waals surface area contributed by atoms with Gasteiger partial charge in [0.25, 0.3) is 0 Å². The number of aromatic nitrogens is 1. The molecule has 0 radical (unpaired) electrons. The van der Waals surface area contributed by atoms with Crippen molar-refractivity contribution in [3.63, 3.8) is 0 Å². The average Bonchev–Trinajstić information content (AvgIpc) is 2.58. The highest BCUT2D eigenvalue weighted by atomic mass is 16.7. The van der Waals surface area contributed by atoms with Gasteiger partial charge >= 0.3 is 7.12 Å². The molecule has 104 valence electrons. The van der Waals surface area contributed by atoms with Crippen LogP contribution in [0, 0.1) is 0 Å². The first-order valence-corrected chi connectivity index (χ1v) is 6.61. The van der Waals surface area contributed by atoms with Gasteiger partial charge in [0.15, 0.2) is 0 Å². The Hall–Kier alpha value is -0.905. The topological polar surface area (TPSA) is 40.6 Å². The molecule has 0 aliphatic carbocycles. The highest BCUT2D eigenvalue weighted by Crippen LogP contribution is 2.36. The minimum absolute atomic E-state index is 0.0395. The van der Waals surface area contributed by atoms with Crippen LogP contribution in [0.3, 0.4) is 0 Å². The number of nitrogens with zero attached hydrogens (tertiary/aromatic N) is 1. The summed E-state index contributed by atoms with van der Waals surface area (Å²) >= 11 is 0. The van der Waals surface area contributed by atoms with E-state index < -0.39 is 0 Å². The van der Waals surface area contributed by atoms with E-state index in [0.29, 0.717) is 0 Å². The minimum Gasteiger partial charge on any atom is -0.399 e. The van der Waals surface area contributed by atoms with Crippen LogP contribution in [-0.2, 0) is 14.0 Å². The van der Waals surface area contributed by atoms with E-state index in [2.05, 4.69) is 4.98 Å². The quantitative estimate of drug-likeness (QED) is 0.783. The van der Waals surface area contributed by atoms with Gasteiger partial charge in [0.2, 0.25) is 0 Å². The first-order chi connectivity index (χ1) is 8.77. The summed E-state index contributed by atoms with van der Waals surface area (Å²) in [7, 11) is 1.32. The Morgan fingerprint density at radius 3 is 2.32 bits per heavy atom. The maximum absolute atomic E-state index is 6.03. The van der Waals surface area contributed by atoms with Crippen molar-refractivity contribution in [2.24, 2.45) is 0 Å². The van der Waals surface area contributed by atoms with Gasteiger partial charge in [0.05, 0.1) is 23.0 Å². The molecular weight excluding hydrogens is 241 g/mol. The molecule has 1 unspecified atom stereocenters. The fourth-order valence-corrected chi connectivity index (χ4v) is 1.93. The highest BCUT2D eigenvalue weighted by Gasteiger charge is 2.51. The van der Waals surface area contributed by atoms with E-state index in [9.17, 15) is 0 Å². The molecule has 1 atom stereocenters. The van der Waals surface area contributed by atoms with Crippen molar-refractivity contribution in [3.8, 4) is 0 Å². The molecule has 4 nitrogen and oxygen atoms in total. The average molecular weight is 263 g/mol. The second kappa shape index (κ2) is 4.89. The second-order valence-electron chi connectivity index (χ2n) is 5.98. The lowest BCUT2D eigenvalue weighted by atomic mass is 9.79. The number of rotatable bonds is 3. The van der Waals surface area contributed by atoms with E-state index in [1.165, 1.54) is 0 Å². The fraction of sp³-hybridized carbons (Fsp3) is 0.643. The third-order valence-electron chi connectivity index (χ3n) is 4.10. The van der Waals surface area contributed by atoms with Crippen molar-refractivity contribution in [2.45, 2.75) is 51.9 Å². The van der Waals surface area contributed by atoms with Gasteiger partial charge in [-0.3, -0.25) is 4.98 Å². The smallest absolute Gasteiger partial charge is 0.399 e. The van der Waals surface area contributed by atoms with Gasteiger partial charge in [0, 0.05) is 13.3 Å². The minimum atomic E-state index is -0.351. The zero-order valence-corrected chi connectivity index (χ0v) is 12.6. The first kappa shape index (κ1) is 14.5. The van der Waals surface area contributed by atoms with E-state index in [-0.39, 0.29) is 24.4 Å². The first-order valence-electron chi connectivity index (χ1n) is 6.61. The SMILES string of the molecule is COC(C)c1cc(B2OC(C)(C)C(C)(C)O2)ccn1. The Balaban J connectivity index is 2.25. The number of hydrogen-bond acceptors (Lipinski definition) is 4. The normalized spacial score (nSPS) is 22.5. The number of methoxy groups -OCH3 is 1. The Morgan fingerprint density at radius 2 is 1.79 bits per heavy atom. The molecular formula is C14H22BNO3. The van der Waals surface area contributed by atoms with Crippen LogP contribution in [0.25, 0.3) is 0 Å². The van der Waals surface area contributed by atoms with Gasteiger partial charge in [-0.05, 0) is 52.2 Å². The molecule has 0 bridgehead atoms. The Kier molecular flexibility index (Phi) is 3.73. The lowest BCUT2D eigenvalue weighted by molar-refractivity contribution is 0.00578. The summed E-state index contributed by atoms with van der Waals surface area (Å²) < 4.78 is 17.3. The maximum Gasteiger partial charge on any atom is 0.494 e. The summed E-state index contributed by atoms with van der Waals surface area (Å²) in [5.74, 6) is 0. The fourth-order valence-electron chi connectivity index (χ4n) is 1.93. The van der Waals surface area contributed by atoms with E-state index in [0.717, 1.165) is 11.2 Å². The molecule has 0 spiro atoms. The van der Waals surface area contributed by atoms with Gasteiger partial charge in [0.1, 0.15) is 0 Å². The van der Waals surface area contributed by atoms with E-state index in [1.54, 1.807) is 13.3 Å². The third-order valence-corrected chi connectivity index (χ3v) is 4.10. The second-order valence-corrected chi connectivity index (χ2v) is 5.98. The lowest BCUT2D eigenvalue weighted by Crippen LogP contribution is -2.41. The van der Waals surface area contributed by atoms with Gasteiger partial charge in [-0.2, -0.15) is 0 Å². The lowest BCUT2D eigenvalue weighted by Gasteiger charge is -2.32.